The van der Waals surface area contributed by atoms with Crippen LogP contribution in [0.5, 0.6) is 5.75 Å². The number of para-hydroxylation sites is 1. The molecule has 2 aliphatic heterocycles. The molecule has 1 aromatic carbocycles. The lowest BCUT2D eigenvalue weighted by atomic mass is 9.79. The van der Waals surface area contributed by atoms with Gasteiger partial charge in [-0.2, -0.15) is 8.42 Å². The molecule has 2 atom stereocenters. The summed E-state index contributed by atoms with van der Waals surface area (Å²) < 4.78 is 40.6. The van der Waals surface area contributed by atoms with Gasteiger partial charge in [-0.1, -0.05) is 19.1 Å². The fraction of sp³-hybridized carbons (Fsp3) is 0.550. The second-order valence-corrected chi connectivity index (χ2v) is 10.0. The number of fused-ring (bicyclic) bond motifs is 1. The van der Waals surface area contributed by atoms with Crippen molar-refractivity contribution < 1.29 is 26.9 Å². The second kappa shape index (κ2) is 6.99. The molecule has 2 heterocycles. The quantitative estimate of drug-likeness (QED) is 0.696. The van der Waals surface area contributed by atoms with E-state index < -0.39 is 21.3 Å². The molecule has 8 heteroatoms. The standard InChI is InChI=1S/C20H27NO6S/c1-14-13-21(18(22)26-19(2,3)4)11-10-20(14)12-17(27-28(5,23)24)15-8-6-7-9-16(15)25-20/h6-9,12,14H,10-11,13H2,1-5H3. The molecule has 154 valence electrons. The smallest absolute Gasteiger partial charge is 0.410 e. The molecule has 1 saturated heterocycles. The van der Waals surface area contributed by atoms with Crippen molar-refractivity contribution in [3.63, 3.8) is 0 Å². The maximum Gasteiger partial charge on any atom is 0.410 e. The van der Waals surface area contributed by atoms with Crippen LogP contribution in [0.4, 0.5) is 4.79 Å². The largest absolute Gasteiger partial charge is 0.482 e. The van der Waals surface area contributed by atoms with Crippen LogP contribution in [0, 0.1) is 5.92 Å². The fourth-order valence-electron chi connectivity index (χ4n) is 3.52. The number of hydrogen-bond acceptors (Lipinski definition) is 6. The predicted octanol–water partition coefficient (Wildman–Crippen LogP) is 3.41. The summed E-state index contributed by atoms with van der Waals surface area (Å²) in [6, 6.07) is 7.19. The van der Waals surface area contributed by atoms with Crippen LogP contribution in [0.3, 0.4) is 0 Å². The van der Waals surface area contributed by atoms with Crippen molar-refractivity contribution in [1.82, 2.24) is 4.90 Å². The van der Waals surface area contributed by atoms with Gasteiger partial charge in [-0.15, -0.1) is 0 Å². The number of carbonyl (C=O) groups is 1. The number of likely N-dealkylation sites (tertiary alicyclic amines) is 1. The van der Waals surface area contributed by atoms with Crippen molar-refractivity contribution in [2.45, 2.75) is 45.3 Å². The Morgan fingerprint density at radius 1 is 1.29 bits per heavy atom. The Labute approximate surface area is 166 Å². The van der Waals surface area contributed by atoms with Gasteiger partial charge in [-0.3, -0.25) is 0 Å². The van der Waals surface area contributed by atoms with Crippen molar-refractivity contribution >= 4 is 22.0 Å². The number of benzene rings is 1. The first kappa shape index (κ1) is 20.5. The molecule has 7 nitrogen and oxygen atoms in total. The van der Waals surface area contributed by atoms with Crippen LogP contribution in [-0.4, -0.2) is 50.0 Å². The predicted molar refractivity (Wildman–Crippen MR) is 105 cm³/mol. The van der Waals surface area contributed by atoms with Gasteiger partial charge in [0.25, 0.3) is 0 Å². The molecule has 3 rings (SSSR count). The van der Waals surface area contributed by atoms with E-state index in [4.69, 9.17) is 13.7 Å². The normalized spacial score (nSPS) is 24.8. The molecular formula is C20H27NO6S. The number of ether oxygens (including phenoxy) is 2. The van der Waals surface area contributed by atoms with Gasteiger partial charge >= 0.3 is 16.2 Å². The average Bonchev–Trinajstić information content (AvgIpc) is 2.54. The molecule has 1 spiro atoms. The van der Waals surface area contributed by atoms with Crippen molar-refractivity contribution in [3.05, 3.63) is 35.9 Å². The van der Waals surface area contributed by atoms with Crippen LogP contribution in [-0.2, 0) is 19.0 Å². The van der Waals surface area contributed by atoms with Crippen LogP contribution in [0.15, 0.2) is 30.3 Å². The van der Waals surface area contributed by atoms with E-state index >= 15 is 0 Å². The summed E-state index contributed by atoms with van der Waals surface area (Å²) in [5, 5.41) is 0. The van der Waals surface area contributed by atoms with Gasteiger partial charge in [0.1, 0.15) is 17.0 Å². The van der Waals surface area contributed by atoms with Crippen LogP contribution in [0.25, 0.3) is 5.76 Å². The van der Waals surface area contributed by atoms with E-state index in [0.717, 1.165) is 6.26 Å². The molecule has 0 N–H and O–H groups in total. The number of nitrogens with zero attached hydrogens (tertiary/aromatic N) is 1. The van der Waals surface area contributed by atoms with E-state index in [1.165, 1.54) is 0 Å². The Morgan fingerprint density at radius 3 is 2.57 bits per heavy atom. The molecule has 0 radical (unpaired) electrons. The van der Waals surface area contributed by atoms with Crippen molar-refractivity contribution in [2.75, 3.05) is 19.3 Å². The second-order valence-electron chi connectivity index (χ2n) is 8.43. The van der Waals surface area contributed by atoms with Gasteiger partial charge in [0, 0.05) is 31.5 Å². The van der Waals surface area contributed by atoms with Crippen molar-refractivity contribution in [2.24, 2.45) is 5.92 Å². The lowest BCUT2D eigenvalue weighted by Gasteiger charge is -2.46. The summed E-state index contributed by atoms with van der Waals surface area (Å²) in [5.41, 5.74) is -0.723. The summed E-state index contributed by atoms with van der Waals surface area (Å²) in [6.45, 7) is 8.33. The van der Waals surface area contributed by atoms with Gasteiger partial charge < -0.3 is 18.6 Å². The molecule has 0 aliphatic carbocycles. The van der Waals surface area contributed by atoms with Crippen molar-refractivity contribution in [1.29, 1.82) is 0 Å². The highest BCUT2D eigenvalue weighted by Crippen LogP contribution is 2.43. The molecule has 1 aromatic rings. The van der Waals surface area contributed by atoms with Crippen LogP contribution >= 0.6 is 0 Å². The third kappa shape index (κ3) is 4.43. The first-order chi connectivity index (χ1) is 12.9. The third-order valence-electron chi connectivity index (χ3n) is 4.82. The summed E-state index contributed by atoms with van der Waals surface area (Å²) in [4.78, 5) is 14.1. The molecule has 2 unspecified atom stereocenters. The van der Waals surface area contributed by atoms with Gasteiger partial charge in [0.05, 0.1) is 11.8 Å². The molecule has 2 aliphatic rings. The van der Waals surface area contributed by atoms with E-state index in [0.29, 0.717) is 30.8 Å². The minimum atomic E-state index is -3.69. The minimum absolute atomic E-state index is 0.0970. The molecule has 1 amide bonds. The molecule has 0 saturated carbocycles. The summed E-state index contributed by atoms with van der Waals surface area (Å²) >= 11 is 0. The Balaban J connectivity index is 1.88. The number of hydrogen-bond donors (Lipinski definition) is 0. The van der Waals surface area contributed by atoms with E-state index in [-0.39, 0.29) is 17.8 Å². The summed E-state index contributed by atoms with van der Waals surface area (Å²) in [5.74, 6) is 0.739. The number of carbonyl (C=O) groups excluding carboxylic acids is 1. The van der Waals surface area contributed by atoms with E-state index in [1.54, 1.807) is 29.2 Å². The molecule has 28 heavy (non-hydrogen) atoms. The first-order valence-electron chi connectivity index (χ1n) is 9.27. The highest BCUT2D eigenvalue weighted by Gasteiger charge is 2.46. The van der Waals surface area contributed by atoms with Crippen LogP contribution < -0.4 is 4.74 Å². The number of rotatable bonds is 2. The average molecular weight is 410 g/mol. The zero-order chi connectivity index (χ0) is 20.7. The van der Waals surface area contributed by atoms with Crippen LogP contribution in [0.2, 0.25) is 0 Å². The Bertz CT molecular complexity index is 902. The zero-order valence-corrected chi connectivity index (χ0v) is 17.7. The maximum absolute atomic E-state index is 12.4. The first-order valence-corrected chi connectivity index (χ1v) is 11.1. The lowest BCUT2D eigenvalue weighted by molar-refractivity contribution is -0.0268. The Morgan fingerprint density at radius 2 is 1.96 bits per heavy atom. The monoisotopic (exact) mass is 409 g/mol. The highest BCUT2D eigenvalue weighted by molar-refractivity contribution is 7.86. The summed E-state index contributed by atoms with van der Waals surface area (Å²) in [7, 11) is -3.69. The van der Waals surface area contributed by atoms with Gasteiger partial charge in [0.2, 0.25) is 0 Å². The minimum Gasteiger partial charge on any atom is -0.482 e. The van der Waals surface area contributed by atoms with Gasteiger partial charge in [-0.25, -0.2) is 4.79 Å². The van der Waals surface area contributed by atoms with Crippen LogP contribution in [0.1, 0.15) is 39.7 Å². The van der Waals surface area contributed by atoms with Gasteiger partial charge in [-0.05, 0) is 32.9 Å². The number of piperidine rings is 1. The van der Waals surface area contributed by atoms with E-state index in [2.05, 4.69) is 0 Å². The Kier molecular flexibility index (Phi) is 5.12. The third-order valence-corrected chi connectivity index (χ3v) is 5.30. The molecule has 0 aromatic heterocycles. The lowest BCUT2D eigenvalue weighted by Crippen LogP contribution is -2.56. The molecule has 0 bridgehead atoms. The molecular weight excluding hydrogens is 382 g/mol. The van der Waals surface area contributed by atoms with E-state index in [9.17, 15) is 13.2 Å². The maximum atomic E-state index is 12.4. The number of amides is 1. The topological polar surface area (TPSA) is 82.1 Å². The summed E-state index contributed by atoms with van der Waals surface area (Å²) in [6.07, 6.45) is 2.90. The Hall–Kier alpha value is -2.22. The zero-order valence-electron chi connectivity index (χ0n) is 16.9. The SMILES string of the molecule is CC1CN(C(=O)OC(C)(C)C)CCC12C=C(OS(C)(=O)=O)c1ccccc1O2. The van der Waals surface area contributed by atoms with E-state index in [1.807, 2.05) is 33.8 Å². The highest BCUT2D eigenvalue weighted by atomic mass is 32.2. The fourth-order valence-corrected chi connectivity index (χ4v) is 3.98. The van der Waals surface area contributed by atoms with Crippen molar-refractivity contribution in [3.8, 4) is 5.75 Å². The van der Waals surface area contributed by atoms with Gasteiger partial charge in [0.15, 0.2) is 5.76 Å². The molecule has 1 fully saturated rings.